The number of amides is 1. The average Bonchev–Trinajstić information content (AvgIpc) is 3.31. The van der Waals surface area contributed by atoms with Gasteiger partial charge in [-0.05, 0) is 26.3 Å². The summed E-state index contributed by atoms with van der Waals surface area (Å²) < 4.78 is 15.1. The van der Waals surface area contributed by atoms with Crippen molar-refractivity contribution in [3.8, 4) is 11.1 Å². The molecule has 0 saturated heterocycles. The largest absolute Gasteiger partial charge is 0.462 e. The minimum Gasteiger partial charge on any atom is -0.462 e. The molecule has 1 atom stereocenters. The second-order valence-corrected chi connectivity index (χ2v) is 7.36. The third-order valence-corrected chi connectivity index (χ3v) is 5.23. The van der Waals surface area contributed by atoms with Gasteiger partial charge in [0.25, 0.3) is 5.91 Å². The van der Waals surface area contributed by atoms with Gasteiger partial charge in [0.05, 0.1) is 12.3 Å². The fraction of sp³-hybridized carbons (Fsp3) is 0.238. The SMILES string of the molecule is CCOC(=O)c1c(-c2ccccc2)csc1NC(=O)C(C)OC(=O)c1c(C)noc1N. The van der Waals surface area contributed by atoms with Crippen LogP contribution >= 0.6 is 11.3 Å². The second-order valence-electron chi connectivity index (χ2n) is 6.48. The zero-order valence-corrected chi connectivity index (χ0v) is 17.9. The average molecular weight is 443 g/mol. The number of nitrogens with one attached hydrogen (secondary N) is 1. The standard InChI is InChI=1S/C21H21N3O6S/c1-4-28-20(26)16-14(13-8-6-5-7-9-13)10-31-19(16)23-18(25)12(3)29-21(27)15-11(2)24-30-17(15)22/h5-10,12H,4,22H2,1-3H3,(H,23,25). The summed E-state index contributed by atoms with van der Waals surface area (Å²) >= 11 is 1.17. The molecule has 0 saturated carbocycles. The Morgan fingerprint density at radius 1 is 1.19 bits per heavy atom. The Balaban J connectivity index is 1.81. The van der Waals surface area contributed by atoms with Gasteiger partial charge < -0.3 is 25.0 Å². The number of ether oxygens (including phenoxy) is 2. The van der Waals surface area contributed by atoms with E-state index in [0.29, 0.717) is 10.6 Å². The fourth-order valence-electron chi connectivity index (χ4n) is 2.81. The molecule has 2 heterocycles. The first-order valence-electron chi connectivity index (χ1n) is 9.41. The van der Waals surface area contributed by atoms with E-state index >= 15 is 0 Å². The molecule has 0 bridgehead atoms. The molecule has 31 heavy (non-hydrogen) atoms. The van der Waals surface area contributed by atoms with Gasteiger partial charge in [-0.15, -0.1) is 11.3 Å². The number of carbonyl (C=O) groups is 3. The molecule has 1 aromatic carbocycles. The van der Waals surface area contributed by atoms with Gasteiger partial charge in [0.15, 0.2) is 6.10 Å². The van der Waals surface area contributed by atoms with Crippen molar-refractivity contribution in [3.05, 3.63) is 52.5 Å². The summed E-state index contributed by atoms with van der Waals surface area (Å²) in [5.74, 6) is -2.20. The summed E-state index contributed by atoms with van der Waals surface area (Å²) in [6, 6.07) is 9.27. The number of hydrogen-bond acceptors (Lipinski definition) is 9. The normalized spacial score (nSPS) is 11.6. The predicted octanol–water partition coefficient (Wildman–Crippen LogP) is 3.65. The molecule has 2 aromatic heterocycles. The summed E-state index contributed by atoms with van der Waals surface area (Å²) in [5.41, 5.74) is 7.48. The van der Waals surface area contributed by atoms with Gasteiger partial charge in [-0.25, -0.2) is 9.59 Å². The minimum absolute atomic E-state index is 0.0330. The van der Waals surface area contributed by atoms with Crippen LogP contribution in [-0.2, 0) is 14.3 Å². The van der Waals surface area contributed by atoms with Crippen LogP contribution in [0.15, 0.2) is 40.2 Å². The van der Waals surface area contributed by atoms with E-state index in [2.05, 4.69) is 10.5 Å². The minimum atomic E-state index is -1.17. The lowest BCUT2D eigenvalue weighted by Crippen LogP contribution is -2.30. The molecule has 1 amide bonds. The van der Waals surface area contributed by atoms with Crippen LogP contribution in [0.25, 0.3) is 11.1 Å². The Labute approximate surface area is 182 Å². The molecule has 3 rings (SSSR count). The van der Waals surface area contributed by atoms with Crippen molar-refractivity contribution >= 4 is 40.1 Å². The summed E-state index contributed by atoms with van der Waals surface area (Å²) in [5, 5.41) is 8.29. The first-order chi connectivity index (χ1) is 14.8. The number of esters is 2. The van der Waals surface area contributed by atoms with Gasteiger partial charge in [0.2, 0.25) is 5.88 Å². The number of anilines is 2. The number of nitrogens with zero attached hydrogens (tertiary/aromatic N) is 1. The lowest BCUT2D eigenvalue weighted by molar-refractivity contribution is -0.123. The van der Waals surface area contributed by atoms with Crippen molar-refractivity contribution in [1.29, 1.82) is 0 Å². The van der Waals surface area contributed by atoms with Crippen molar-refractivity contribution in [2.45, 2.75) is 26.9 Å². The van der Waals surface area contributed by atoms with Gasteiger partial charge in [-0.3, -0.25) is 4.79 Å². The lowest BCUT2D eigenvalue weighted by atomic mass is 10.0. The molecule has 3 aromatic rings. The van der Waals surface area contributed by atoms with Gasteiger partial charge in [-0.2, -0.15) is 0 Å². The highest BCUT2D eigenvalue weighted by Gasteiger charge is 2.27. The van der Waals surface area contributed by atoms with Crippen LogP contribution in [0, 0.1) is 6.92 Å². The van der Waals surface area contributed by atoms with Crippen molar-refractivity contribution in [1.82, 2.24) is 5.16 Å². The molecule has 0 fully saturated rings. The van der Waals surface area contributed by atoms with Crippen LogP contribution in [0.3, 0.4) is 0 Å². The molecule has 0 aliphatic rings. The van der Waals surface area contributed by atoms with Gasteiger partial charge in [-0.1, -0.05) is 35.5 Å². The predicted molar refractivity (Wildman–Crippen MR) is 115 cm³/mol. The Kier molecular flexibility index (Phi) is 6.71. The number of nitrogen functional groups attached to an aromatic ring is 1. The summed E-state index contributed by atoms with van der Waals surface area (Å²) in [6.07, 6.45) is -1.17. The van der Waals surface area contributed by atoms with E-state index in [4.69, 9.17) is 19.7 Å². The summed E-state index contributed by atoms with van der Waals surface area (Å²) in [7, 11) is 0. The maximum absolute atomic E-state index is 12.7. The number of aryl methyl sites for hydroxylation is 1. The number of rotatable bonds is 7. The summed E-state index contributed by atoms with van der Waals surface area (Å²) in [6.45, 7) is 4.82. The van der Waals surface area contributed by atoms with Gasteiger partial charge in [0, 0.05) is 10.9 Å². The molecule has 3 N–H and O–H groups in total. The van der Waals surface area contributed by atoms with E-state index in [1.165, 1.54) is 25.2 Å². The monoisotopic (exact) mass is 443 g/mol. The van der Waals surface area contributed by atoms with Crippen LogP contribution in [0.4, 0.5) is 10.9 Å². The van der Waals surface area contributed by atoms with Crippen LogP contribution < -0.4 is 11.1 Å². The number of carbonyl (C=O) groups excluding carboxylic acids is 3. The van der Waals surface area contributed by atoms with Crippen LogP contribution in [0.5, 0.6) is 0 Å². The maximum atomic E-state index is 12.7. The van der Waals surface area contributed by atoms with E-state index in [0.717, 1.165) is 5.56 Å². The number of aromatic nitrogens is 1. The molecular formula is C21H21N3O6S. The quantitative estimate of drug-likeness (QED) is 0.529. The molecule has 9 nitrogen and oxygen atoms in total. The molecule has 1 unspecified atom stereocenters. The van der Waals surface area contributed by atoms with E-state index in [1.54, 1.807) is 12.3 Å². The Morgan fingerprint density at radius 3 is 2.52 bits per heavy atom. The second kappa shape index (κ2) is 9.43. The zero-order valence-electron chi connectivity index (χ0n) is 17.1. The van der Waals surface area contributed by atoms with E-state index in [-0.39, 0.29) is 29.3 Å². The highest BCUT2D eigenvalue weighted by molar-refractivity contribution is 7.15. The van der Waals surface area contributed by atoms with E-state index < -0.39 is 23.9 Å². The van der Waals surface area contributed by atoms with E-state index in [9.17, 15) is 14.4 Å². The third kappa shape index (κ3) is 4.75. The summed E-state index contributed by atoms with van der Waals surface area (Å²) in [4.78, 5) is 37.6. The van der Waals surface area contributed by atoms with Crippen molar-refractivity contribution in [2.24, 2.45) is 0 Å². The first-order valence-corrected chi connectivity index (χ1v) is 10.3. The highest BCUT2D eigenvalue weighted by atomic mass is 32.1. The van der Waals surface area contributed by atoms with Crippen molar-refractivity contribution in [3.63, 3.8) is 0 Å². The van der Waals surface area contributed by atoms with Crippen LogP contribution in [0.1, 0.15) is 40.3 Å². The van der Waals surface area contributed by atoms with Crippen LogP contribution in [0.2, 0.25) is 0 Å². The van der Waals surface area contributed by atoms with Crippen LogP contribution in [-0.4, -0.2) is 35.7 Å². The Morgan fingerprint density at radius 2 is 1.90 bits per heavy atom. The highest BCUT2D eigenvalue weighted by Crippen LogP contribution is 2.36. The number of hydrogen-bond donors (Lipinski definition) is 2. The molecule has 0 spiro atoms. The topological polar surface area (TPSA) is 134 Å². The molecule has 10 heteroatoms. The van der Waals surface area contributed by atoms with Crippen molar-refractivity contribution in [2.75, 3.05) is 17.7 Å². The Hall–Kier alpha value is -3.66. The molecular weight excluding hydrogens is 422 g/mol. The fourth-order valence-corrected chi connectivity index (χ4v) is 3.77. The number of thiophene rings is 1. The van der Waals surface area contributed by atoms with Gasteiger partial charge >= 0.3 is 11.9 Å². The third-order valence-electron chi connectivity index (χ3n) is 4.34. The van der Waals surface area contributed by atoms with E-state index in [1.807, 2.05) is 30.3 Å². The molecule has 0 aliphatic heterocycles. The number of benzene rings is 1. The Bertz CT molecular complexity index is 1090. The first kappa shape index (κ1) is 22.0. The molecule has 162 valence electrons. The molecule has 0 aliphatic carbocycles. The lowest BCUT2D eigenvalue weighted by Gasteiger charge is -2.14. The maximum Gasteiger partial charge on any atom is 0.346 e. The van der Waals surface area contributed by atoms with Crippen molar-refractivity contribution < 1.29 is 28.4 Å². The molecule has 0 radical (unpaired) electrons. The zero-order chi connectivity index (χ0) is 22.5. The smallest absolute Gasteiger partial charge is 0.346 e. The van der Waals surface area contributed by atoms with Gasteiger partial charge in [0.1, 0.15) is 16.1 Å². The number of nitrogens with two attached hydrogens (primary N) is 1.